The molecule has 2 atom stereocenters. The Morgan fingerprint density at radius 3 is 2.88 bits per heavy atom. The standard InChI is InChI=1S/C18H25N5O2/c1-5-25-16(24)18(4)7-6-13(10-18)14-8-11(2)19-17(20-14)21-15-9-12(3)22-23-15/h8-9,13H,5-7,10H2,1-4H3,(H2,19,20,21,22,23)/t13-,18-/m1/s1. The van der Waals surface area contributed by atoms with Crippen molar-refractivity contribution >= 4 is 17.7 Å². The van der Waals surface area contributed by atoms with Crippen LogP contribution in [0.1, 0.15) is 56.1 Å². The Morgan fingerprint density at radius 2 is 2.20 bits per heavy atom. The molecule has 1 aliphatic rings. The van der Waals surface area contributed by atoms with E-state index in [0.29, 0.717) is 18.4 Å². The first-order valence-electron chi connectivity index (χ1n) is 8.71. The highest BCUT2D eigenvalue weighted by atomic mass is 16.5. The third-order valence-electron chi connectivity index (χ3n) is 4.75. The number of nitrogens with one attached hydrogen (secondary N) is 2. The summed E-state index contributed by atoms with van der Waals surface area (Å²) in [6.07, 6.45) is 2.50. The minimum absolute atomic E-state index is 0.103. The molecule has 0 aromatic carbocycles. The Kier molecular flexibility index (Phi) is 4.74. The molecule has 2 aromatic heterocycles. The minimum atomic E-state index is -0.424. The fourth-order valence-electron chi connectivity index (χ4n) is 3.44. The van der Waals surface area contributed by atoms with Crippen molar-refractivity contribution in [3.05, 3.63) is 29.2 Å². The van der Waals surface area contributed by atoms with Crippen molar-refractivity contribution in [2.45, 2.75) is 52.9 Å². The van der Waals surface area contributed by atoms with E-state index in [0.717, 1.165) is 36.3 Å². The molecule has 25 heavy (non-hydrogen) atoms. The van der Waals surface area contributed by atoms with E-state index in [1.165, 1.54) is 0 Å². The molecule has 2 aromatic rings. The first-order chi connectivity index (χ1) is 11.9. The van der Waals surface area contributed by atoms with Crippen molar-refractivity contribution in [1.29, 1.82) is 0 Å². The number of aromatic amines is 1. The molecule has 0 saturated heterocycles. The van der Waals surface area contributed by atoms with Crippen molar-refractivity contribution in [3.63, 3.8) is 0 Å². The van der Waals surface area contributed by atoms with E-state index < -0.39 is 5.41 Å². The van der Waals surface area contributed by atoms with Gasteiger partial charge >= 0.3 is 5.97 Å². The first kappa shape index (κ1) is 17.4. The van der Waals surface area contributed by atoms with Gasteiger partial charge in [-0.1, -0.05) is 0 Å². The van der Waals surface area contributed by atoms with E-state index in [-0.39, 0.29) is 11.9 Å². The zero-order valence-corrected chi connectivity index (χ0v) is 15.2. The maximum atomic E-state index is 12.2. The zero-order chi connectivity index (χ0) is 18.0. The average molecular weight is 343 g/mol. The molecule has 0 amide bonds. The molecule has 1 aliphatic carbocycles. The third-order valence-corrected chi connectivity index (χ3v) is 4.75. The van der Waals surface area contributed by atoms with Gasteiger partial charge < -0.3 is 10.1 Å². The highest BCUT2D eigenvalue weighted by Crippen LogP contribution is 2.46. The molecule has 7 nitrogen and oxygen atoms in total. The lowest BCUT2D eigenvalue weighted by Crippen LogP contribution is -2.27. The van der Waals surface area contributed by atoms with Crippen LogP contribution in [0.5, 0.6) is 0 Å². The monoisotopic (exact) mass is 343 g/mol. The number of rotatable bonds is 5. The van der Waals surface area contributed by atoms with E-state index in [9.17, 15) is 4.79 Å². The lowest BCUT2D eigenvalue weighted by atomic mass is 9.87. The Labute approximate surface area is 147 Å². The Morgan fingerprint density at radius 1 is 1.40 bits per heavy atom. The second-order valence-electron chi connectivity index (χ2n) is 7.04. The van der Waals surface area contributed by atoms with Gasteiger partial charge in [0.05, 0.1) is 12.0 Å². The summed E-state index contributed by atoms with van der Waals surface area (Å²) in [5, 5.41) is 10.2. The summed E-state index contributed by atoms with van der Waals surface area (Å²) in [6.45, 7) is 8.14. The van der Waals surface area contributed by atoms with Crippen LogP contribution in [-0.2, 0) is 9.53 Å². The second-order valence-corrected chi connectivity index (χ2v) is 7.04. The van der Waals surface area contributed by atoms with Gasteiger partial charge in [0, 0.05) is 29.1 Å². The van der Waals surface area contributed by atoms with Crippen molar-refractivity contribution in [2.24, 2.45) is 5.41 Å². The van der Waals surface area contributed by atoms with Crippen LogP contribution in [0.25, 0.3) is 0 Å². The third kappa shape index (κ3) is 3.81. The van der Waals surface area contributed by atoms with E-state index in [4.69, 9.17) is 4.74 Å². The zero-order valence-electron chi connectivity index (χ0n) is 15.2. The molecular weight excluding hydrogens is 318 g/mol. The van der Waals surface area contributed by atoms with Crippen LogP contribution in [0.3, 0.4) is 0 Å². The molecule has 1 fully saturated rings. The summed E-state index contributed by atoms with van der Waals surface area (Å²) in [5.41, 5.74) is 2.41. The first-order valence-corrected chi connectivity index (χ1v) is 8.71. The highest BCUT2D eigenvalue weighted by Gasteiger charge is 2.43. The molecule has 3 rings (SSSR count). The van der Waals surface area contributed by atoms with Gasteiger partial charge in [0.2, 0.25) is 5.95 Å². The topological polar surface area (TPSA) is 92.8 Å². The number of carbonyl (C=O) groups is 1. The molecule has 0 spiro atoms. The molecule has 2 heterocycles. The van der Waals surface area contributed by atoms with Gasteiger partial charge in [0.1, 0.15) is 0 Å². The van der Waals surface area contributed by atoms with Gasteiger partial charge in [-0.3, -0.25) is 9.89 Å². The van der Waals surface area contributed by atoms with E-state index in [1.807, 2.05) is 39.8 Å². The molecule has 2 N–H and O–H groups in total. The SMILES string of the molecule is CCOC(=O)[C@]1(C)CC[C@@H](c2cc(C)nc(Nc3cc(C)[nH]n3)n2)C1. The lowest BCUT2D eigenvalue weighted by Gasteiger charge is -2.21. The van der Waals surface area contributed by atoms with Crippen molar-refractivity contribution < 1.29 is 9.53 Å². The number of anilines is 2. The normalized spacial score (nSPS) is 22.8. The van der Waals surface area contributed by atoms with Crippen LogP contribution in [-0.4, -0.2) is 32.7 Å². The second kappa shape index (κ2) is 6.82. The number of aromatic nitrogens is 4. The fourth-order valence-corrected chi connectivity index (χ4v) is 3.44. The van der Waals surface area contributed by atoms with Crippen LogP contribution in [0, 0.1) is 19.3 Å². The summed E-state index contributed by atoms with van der Waals surface area (Å²) < 4.78 is 5.25. The summed E-state index contributed by atoms with van der Waals surface area (Å²) in [4.78, 5) is 21.3. The summed E-state index contributed by atoms with van der Waals surface area (Å²) in [5.74, 6) is 1.36. The quantitative estimate of drug-likeness (QED) is 0.808. The number of ether oxygens (including phenoxy) is 1. The predicted octanol–water partition coefficient (Wildman–Crippen LogP) is 3.40. The number of carbonyl (C=O) groups excluding carboxylic acids is 1. The van der Waals surface area contributed by atoms with Gasteiger partial charge in [0.15, 0.2) is 5.82 Å². The Bertz CT molecular complexity index is 773. The number of aryl methyl sites for hydroxylation is 2. The van der Waals surface area contributed by atoms with Gasteiger partial charge in [-0.25, -0.2) is 9.97 Å². The van der Waals surface area contributed by atoms with Crippen molar-refractivity contribution in [3.8, 4) is 0 Å². The molecule has 0 aliphatic heterocycles. The van der Waals surface area contributed by atoms with Gasteiger partial charge in [0.25, 0.3) is 0 Å². The van der Waals surface area contributed by atoms with Gasteiger partial charge in [-0.15, -0.1) is 0 Å². The summed E-state index contributed by atoms with van der Waals surface area (Å²) in [7, 11) is 0. The number of hydrogen-bond acceptors (Lipinski definition) is 6. The average Bonchev–Trinajstić information content (AvgIpc) is 3.14. The van der Waals surface area contributed by atoms with Crippen LogP contribution in [0.2, 0.25) is 0 Å². The lowest BCUT2D eigenvalue weighted by molar-refractivity contribution is -0.154. The summed E-state index contributed by atoms with van der Waals surface area (Å²) >= 11 is 0. The molecule has 0 radical (unpaired) electrons. The maximum absolute atomic E-state index is 12.2. The molecule has 0 bridgehead atoms. The Balaban J connectivity index is 1.78. The molecule has 7 heteroatoms. The number of hydrogen-bond donors (Lipinski definition) is 2. The number of nitrogens with zero attached hydrogens (tertiary/aromatic N) is 3. The van der Waals surface area contributed by atoms with E-state index in [2.05, 4.69) is 25.5 Å². The van der Waals surface area contributed by atoms with Gasteiger partial charge in [-0.05, 0) is 53.0 Å². The van der Waals surface area contributed by atoms with Crippen LogP contribution in [0.15, 0.2) is 12.1 Å². The molecule has 134 valence electrons. The number of esters is 1. The van der Waals surface area contributed by atoms with Crippen LogP contribution >= 0.6 is 0 Å². The smallest absolute Gasteiger partial charge is 0.311 e. The van der Waals surface area contributed by atoms with E-state index in [1.54, 1.807) is 0 Å². The minimum Gasteiger partial charge on any atom is -0.466 e. The summed E-state index contributed by atoms with van der Waals surface area (Å²) in [6, 6.07) is 3.90. The van der Waals surface area contributed by atoms with Crippen LogP contribution in [0.4, 0.5) is 11.8 Å². The van der Waals surface area contributed by atoms with Crippen LogP contribution < -0.4 is 5.32 Å². The van der Waals surface area contributed by atoms with E-state index >= 15 is 0 Å². The maximum Gasteiger partial charge on any atom is 0.311 e. The predicted molar refractivity (Wildman–Crippen MR) is 94.7 cm³/mol. The molecule has 0 unspecified atom stereocenters. The number of H-pyrrole nitrogens is 1. The molecule has 1 saturated carbocycles. The highest BCUT2D eigenvalue weighted by molar-refractivity contribution is 5.77. The largest absolute Gasteiger partial charge is 0.466 e. The molecular formula is C18H25N5O2. The van der Waals surface area contributed by atoms with Crippen molar-refractivity contribution in [1.82, 2.24) is 20.2 Å². The fraction of sp³-hybridized carbons (Fsp3) is 0.556. The Hall–Kier alpha value is -2.44. The van der Waals surface area contributed by atoms with Crippen molar-refractivity contribution in [2.75, 3.05) is 11.9 Å². The van der Waals surface area contributed by atoms with Gasteiger partial charge in [-0.2, -0.15) is 5.10 Å².